The molecule has 1 rings (SSSR count). The van der Waals surface area contributed by atoms with E-state index in [2.05, 4.69) is 37.3 Å². The average Bonchev–Trinajstić information content (AvgIpc) is 3.70. The number of likely N-dealkylation sites (tertiary alicyclic amines) is 1. The molecule has 11 N–H and O–H groups in total. The maximum absolute atomic E-state index is 14.0. The number of amides is 9. The second kappa shape index (κ2) is 27.0. The van der Waals surface area contributed by atoms with Crippen molar-refractivity contribution in [2.24, 2.45) is 11.8 Å². The SMILES string of the molecule is CCCN(NC(=O)[C@H]1CCCN1C(=O)[C@@H](NC(=O)[C@@H](NC(=O)[C@H](CC(=O)O)NC(=O)[C@H](CCC(=O)O)NC(=O)[C@@H](NC(=O)[C@H](CC(=O)O)NC(C)=O)[C@@H](C)O)C(C)C)C(C)C)C(=O)CC. The van der Waals surface area contributed by atoms with Crippen molar-refractivity contribution in [3.63, 3.8) is 0 Å². The number of carbonyl (C=O) groups is 12. The zero-order valence-electron chi connectivity index (χ0n) is 37.9. The lowest BCUT2D eigenvalue weighted by Crippen LogP contribution is -2.62. The highest BCUT2D eigenvalue weighted by Crippen LogP contribution is 2.21. The molecule has 0 bridgehead atoms. The number of hydrazine groups is 1. The van der Waals surface area contributed by atoms with Gasteiger partial charge < -0.3 is 57.2 Å². The molecule has 1 aliphatic heterocycles. The van der Waals surface area contributed by atoms with Crippen LogP contribution in [0.4, 0.5) is 0 Å². The van der Waals surface area contributed by atoms with Crippen LogP contribution < -0.4 is 37.3 Å². The summed E-state index contributed by atoms with van der Waals surface area (Å²) in [6.07, 6.45) is -3.75. The lowest BCUT2D eigenvalue weighted by molar-refractivity contribution is -0.147. The highest BCUT2D eigenvalue weighted by atomic mass is 16.4. The Balaban J connectivity index is 3.35. The number of carbonyl (C=O) groups excluding carboxylic acids is 9. The number of aliphatic hydroxyl groups is 1. The standard InChI is InChI=1S/C40H65N9O16/c1-9-15-49(27(52)10-2)47-37(62)26-12-11-16-48(26)40(65)32(20(5)6)45-38(63)31(19(3)4)44-36(61)25(18-30(57)58)43-34(59)23(13-14-28(53)54)42-39(64)33(21(7)50)46-35(60)24(17-29(55)56)41-22(8)51/h19-21,23-26,31-33,50H,9-18H2,1-8H3,(H,41,51)(H,42,64)(H,43,59)(H,44,61)(H,45,63)(H,46,60)(H,47,62)(H,53,54)(H,55,56)(H,57,58)/t21-,23+,24+,25+,26-,31+,32+,33+/m1/s1. The molecule has 0 aromatic rings. The van der Waals surface area contributed by atoms with Crippen molar-refractivity contribution in [2.45, 2.75) is 155 Å². The van der Waals surface area contributed by atoms with Gasteiger partial charge in [0.25, 0.3) is 5.91 Å². The minimum atomic E-state index is -1.96. The van der Waals surface area contributed by atoms with Crippen molar-refractivity contribution >= 4 is 71.1 Å². The third kappa shape index (κ3) is 18.7. The van der Waals surface area contributed by atoms with E-state index in [0.29, 0.717) is 12.8 Å². The molecule has 65 heavy (non-hydrogen) atoms. The zero-order valence-corrected chi connectivity index (χ0v) is 37.9. The van der Waals surface area contributed by atoms with Crippen molar-refractivity contribution < 1.29 is 78.0 Å². The Kier molecular flexibility index (Phi) is 23.6. The van der Waals surface area contributed by atoms with Gasteiger partial charge in [0.15, 0.2) is 0 Å². The number of nitrogens with one attached hydrogen (secondary N) is 7. The molecule has 1 saturated heterocycles. The maximum atomic E-state index is 14.0. The van der Waals surface area contributed by atoms with Crippen molar-refractivity contribution in [3.05, 3.63) is 0 Å². The lowest BCUT2D eigenvalue weighted by Gasteiger charge is -2.33. The van der Waals surface area contributed by atoms with E-state index in [1.807, 2.05) is 6.92 Å². The van der Waals surface area contributed by atoms with Crippen LogP contribution >= 0.6 is 0 Å². The summed E-state index contributed by atoms with van der Waals surface area (Å²) in [7, 11) is 0. The van der Waals surface area contributed by atoms with E-state index in [0.717, 1.165) is 13.8 Å². The third-order valence-electron chi connectivity index (χ3n) is 10.0. The van der Waals surface area contributed by atoms with Crippen molar-refractivity contribution in [1.29, 1.82) is 0 Å². The molecule has 0 aromatic carbocycles. The van der Waals surface area contributed by atoms with Crippen LogP contribution in [0.1, 0.15) is 107 Å². The third-order valence-corrected chi connectivity index (χ3v) is 10.0. The number of aliphatic hydroxyl groups excluding tert-OH is 1. The topological polar surface area (TPSA) is 376 Å². The Labute approximate surface area is 375 Å². The molecular formula is C40H65N9O16. The van der Waals surface area contributed by atoms with Crippen LogP contribution in [0.25, 0.3) is 0 Å². The number of hydrogen-bond acceptors (Lipinski definition) is 13. The fourth-order valence-corrected chi connectivity index (χ4v) is 6.63. The van der Waals surface area contributed by atoms with Crippen LogP contribution in [-0.4, -0.2) is 163 Å². The molecule has 0 saturated carbocycles. The van der Waals surface area contributed by atoms with Gasteiger partial charge in [0.05, 0.1) is 18.9 Å². The van der Waals surface area contributed by atoms with Crippen molar-refractivity contribution in [3.8, 4) is 0 Å². The molecule has 1 fully saturated rings. The van der Waals surface area contributed by atoms with E-state index in [1.165, 1.54) is 23.8 Å². The molecule has 1 aliphatic rings. The Morgan fingerprint density at radius 3 is 1.57 bits per heavy atom. The largest absolute Gasteiger partial charge is 0.481 e. The minimum Gasteiger partial charge on any atom is -0.481 e. The summed E-state index contributed by atoms with van der Waals surface area (Å²) in [6, 6.07) is -11.1. The Morgan fingerprint density at radius 1 is 0.631 bits per heavy atom. The van der Waals surface area contributed by atoms with Crippen LogP contribution in [0.2, 0.25) is 0 Å². The summed E-state index contributed by atoms with van der Waals surface area (Å²) < 4.78 is 0. The molecular weight excluding hydrogens is 862 g/mol. The molecule has 9 amide bonds. The second-order valence-corrected chi connectivity index (χ2v) is 16.3. The Hall–Kier alpha value is -6.40. The molecule has 25 heteroatoms. The van der Waals surface area contributed by atoms with E-state index in [9.17, 15) is 72.9 Å². The number of carboxylic acid groups (broad SMARTS) is 3. The molecule has 366 valence electrons. The summed E-state index contributed by atoms with van der Waals surface area (Å²) in [5, 5.41) is 53.2. The molecule has 0 radical (unpaired) electrons. The Bertz CT molecular complexity index is 1760. The summed E-state index contributed by atoms with van der Waals surface area (Å²) in [6.45, 7) is 12.2. The zero-order chi connectivity index (χ0) is 49.9. The lowest BCUT2D eigenvalue weighted by atomic mass is 9.98. The Morgan fingerprint density at radius 2 is 1.11 bits per heavy atom. The van der Waals surface area contributed by atoms with Gasteiger partial charge in [-0.15, -0.1) is 0 Å². The first-order valence-electron chi connectivity index (χ1n) is 21.3. The normalized spacial score (nSPS) is 16.6. The quantitative estimate of drug-likeness (QED) is 0.0388. The number of rotatable bonds is 26. The molecule has 0 spiro atoms. The molecule has 1 heterocycles. The van der Waals surface area contributed by atoms with Crippen LogP contribution in [-0.2, 0) is 57.5 Å². The summed E-state index contributed by atoms with van der Waals surface area (Å²) in [5.74, 6) is -14.1. The predicted molar refractivity (Wildman–Crippen MR) is 225 cm³/mol. The monoisotopic (exact) mass is 927 g/mol. The molecule has 0 aliphatic carbocycles. The maximum Gasteiger partial charge on any atom is 0.305 e. The van der Waals surface area contributed by atoms with E-state index < -0.39 is 151 Å². The van der Waals surface area contributed by atoms with Gasteiger partial charge in [0.2, 0.25) is 47.3 Å². The first kappa shape index (κ1) is 56.6. The van der Waals surface area contributed by atoms with E-state index in [1.54, 1.807) is 20.8 Å². The van der Waals surface area contributed by atoms with Crippen LogP contribution in [0.5, 0.6) is 0 Å². The van der Waals surface area contributed by atoms with Gasteiger partial charge in [0, 0.05) is 32.9 Å². The fraction of sp³-hybridized carbons (Fsp3) is 0.700. The number of carboxylic acids is 3. The van der Waals surface area contributed by atoms with Crippen molar-refractivity contribution in [2.75, 3.05) is 13.1 Å². The van der Waals surface area contributed by atoms with Gasteiger partial charge in [0.1, 0.15) is 42.3 Å². The summed E-state index contributed by atoms with van der Waals surface area (Å²) >= 11 is 0. The highest BCUT2D eigenvalue weighted by Gasteiger charge is 2.41. The first-order chi connectivity index (χ1) is 30.2. The van der Waals surface area contributed by atoms with E-state index >= 15 is 0 Å². The first-order valence-corrected chi connectivity index (χ1v) is 21.3. The second-order valence-electron chi connectivity index (χ2n) is 16.3. The highest BCUT2D eigenvalue weighted by molar-refractivity contribution is 5.99. The van der Waals surface area contributed by atoms with Gasteiger partial charge in [-0.05, 0) is 44.4 Å². The number of aliphatic carboxylic acids is 3. The van der Waals surface area contributed by atoms with Gasteiger partial charge in [-0.1, -0.05) is 41.5 Å². The molecule has 25 nitrogen and oxygen atoms in total. The molecule has 0 unspecified atom stereocenters. The molecule has 0 aromatic heterocycles. The van der Waals surface area contributed by atoms with Crippen molar-refractivity contribution in [1.82, 2.24) is 47.2 Å². The fourth-order valence-electron chi connectivity index (χ4n) is 6.63. The van der Waals surface area contributed by atoms with Gasteiger partial charge in [-0.25, -0.2) is 0 Å². The van der Waals surface area contributed by atoms with E-state index in [4.69, 9.17) is 5.11 Å². The van der Waals surface area contributed by atoms with Gasteiger partial charge >= 0.3 is 17.9 Å². The van der Waals surface area contributed by atoms with Gasteiger partial charge in [-0.3, -0.25) is 68.0 Å². The average molecular weight is 928 g/mol. The number of hydrogen-bond donors (Lipinski definition) is 11. The van der Waals surface area contributed by atoms with Gasteiger partial charge in [-0.2, -0.15) is 0 Å². The van der Waals surface area contributed by atoms with Crippen LogP contribution in [0.15, 0.2) is 0 Å². The summed E-state index contributed by atoms with van der Waals surface area (Å²) in [5.41, 5.74) is 2.60. The smallest absolute Gasteiger partial charge is 0.305 e. The number of nitrogens with zero attached hydrogens (tertiary/aromatic N) is 2. The minimum absolute atomic E-state index is 0.134. The predicted octanol–water partition coefficient (Wildman–Crippen LogP) is -2.91. The van der Waals surface area contributed by atoms with Crippen LogP contribution in [0.3, 0.4) is 0 Å². The summed E-state index contributed by atoms with van der Waals surface area (Å²) in [4.78, 5) is 155. The molecule has 8 atom stereocenters. The van der Waals surface area contributed by atoms with E-state index in [-0.39, 0.29) is 31.8 Å². The van der Waals surface area contributed by atoms with Crippen LogP contribution in [0, 0.1) is 11.8 Å².